The Balaban J connectivity index is 3.24. The van der Waals surface area contributed by atoms with Crippen molar-refractivity contribution in [2.75, 3.05) is 5.75 Å². The van der Waals surface area contributed by atoms with Gasteiger partial charge < -0.3 is 4.72 Å². The fourth-order valence-corrected chi connectivity index (χ4v) is 1.20. The van der Waals surface area contributed by atoms with E-state index in [0.717, 1.165) is 5.75 Å². The standard InChI is InChI=1S/C4H11NOS2/c1-3-8(7)5-4(2)6/h7-8H,3H2,1-2H3,(H,5,6). The molecule has 0 saturated heterocycles. The molecular formula is C4H11NOS2. The summed E-state index contributed by atoms with van der Waals surface area (Å²) < 4.78 is 2.68. The Kier molecular flexibility index (Phi) is 4.18. The molecule has 1 unspecified atom stereocenters. The number of thiol groups is 2. The highest BCUT2D eigenvalue weighted by atomic mass is 33.1. The molecule has 0 aliphatic heterocycles. The molecule has 4 heteroatoms. The van der Waals surface area contributed by atoms with Gasteiger partial charge in [-0.15, -0.1) is 21.8 Å². The average molecular weight is 153 g/mol. The van der Waals surface area contributed by atoms with E-state index in [2.05, 4.69) is 16.4 Å². The molecule has 0 aliphatic carbocycles. The molecule has 0 aromatic rings. The summed E-state index contributed by atoms with van der Waals surface area (Å²) in [6, 6.07) is 0. The topological polar surface area (TPSA) is 29.1 Å². The summed E-state index contributed by atoms with van der Waals surface area (Å²) in [5, 5.41) is 0. The monoisotopic (exact) mass is 153 g/mol. The van der Waals surface area contributed by atoms with Crippen LogP contribution in [0.25, 0.3) is 0 Å². The lowest BCUT2D eigenvalue weighted by molar-refractivity contribution is -0.117. The van der Waals surface area contributed by atoms with Gasteiger partial charge in [-0.25, -0.2) is 0 Å². The molecule has 0 rings (SSSR count). The summed E-state index contributed by atoms with van der Waals surface area (Å²) in [7, 11) is -0.523. The summed E-state index contributed by atoms with van der Waals surface area (Å²) in [6.07, 6.45) is 0. The fraction of sp³-hybridized carbons (Fsp3) is 0.750. The van der Waals surface area contributed by atoms with Gasteiger partial charge in [-0.1, -0.05) is 6.92 Å². The first-order valence-electron chi connectivity index (χ1n) is 2.40. The van der Waals surface area contributed by atoms with E-state index >= 15 is 0 Å². The van der Waals surface area contributed by atoms with Crippen LogP contribution in [-0.2, 0) is 4.79 Å². The van der Waals surface area contributed by atoms with Gasteiger partial charge in [0.2, 0.25) is 5.91 Å². The van der Waals surface area contributed by atoms with Gasteiger partial charge >= 0.3 is 0 Å². The number of hydrogen-bond donors (Lipinski definition) is 3. The molecule has 8 heavy (non-hydrogen) atoms. The summed E-state index contributed by atoms with van der Waals surface area (Å²) in [5.74, 6) is 0.936. The van der Waals surface area contributed by atoms with Crippen molar-refractivity contribution in [1.29, 1.82) is 0 Å². The summed E-state index contributed by atoms with van der Waals surface area (Å²) >= 11 is 4.10. The number of hydrogen-bond acceptors (Lipinski definition) is 2. The Labute approximate surface area is 57.3 Å². The largest absolute Gasteiger partial charge is 0.313 e. The van der Waals surface area contributed by atoms with E-state index in [4.69, 9.17) is 0 Å². The fourth-order valence-electron chi connectivity index (χ4n) is 0.261. The molecule has 1 amide bonds. The molecule has 0 radical (unpaired) electrons. The van der Waals surface area contributed by atoms with Crippen LogP contribution in [0.4, 0.5) is 0 Å². The first-order chi connectivity index (χ1) is 3.66. The lowest BCUT2D eigenvalue weighted by atomic mass is 10.8. The van der Waals surface area contributed by atoms with Crippen molar-refractivity contribution in [2.24, 2.45) is 0 Å². The Hall–Kier alpha value is 0.170. The van der Waals surface area contributed by atoms with Gasteiger partial charge in [-0.3, -0.25) is 4.79 Å². The molecule has 1 atom stereocenters. The number of carbonyl (C=O) groups is 1. The maximum atomic E-state index is 10.3. The molecule has 1 N–H and O–H groups in total. The highest BCUT2D eigenvalue weighted by Crippen LogP contribution is 2.22. The maximum Gasteiger partial charge on any atom is 0.225 e. The zero-order valence-electron chi connectivity index (χ0n) is 5.01. The summed E-state index contributed by atoms with van der Waals surface area (Å²) in [6.45, 7) is 3.50. The molecule has 0 spiro atoms. The minimum absolute atomic E-state index is 0.00737. The van der Waals surface area contributed by atoms with Gasteiger partial charge in [-0.2, -0.15) is 0 Å². The van der Waals surface area contributed by atoms with E-state index in [1.54, 1.807) is 0 Å². The highest BCUT2D eigenvalue weighted by molar-refractivity contribution is 8.77. The lowest BCUT2D eigenvalue weighted by Gasteiger charge is -2.11. The first-order valence-corrected chi connectivity index (χ1v) is 5.08. The molecule has 0 saturated carbocycles. The molecule has 0 bridgehead atoms. The quantitative estimate of drug-likeness (QED) is 0.399. The van der Waals surface area contributed by atoms with E-state index < -0.39 is 10.1 Å². The third-order valence-electron chi connectivity index (χ3n) is 0.586. The van der Waals surface area contributed by atoms with Gasteiger partial charge in [0.05, 0.1) is 0 Å². The van der Waals surface area contributed by atoms with Crippen LogP contribution < -0.4 is 4.72 Å². The van der Waals surface area contributed by atoms with E-state index in [1.165, 1.54) is 6.92 Å². The van der Waals surface area contributed by atoms with E-state index in [9.17, 15) is 4.79 Å². The van der Waals surface area contributed by atoms with Crippen LogP contribution in [0.2, 0.25) is 0 Å². The summed E-state index contributed by atoms with van der Waals surface area (Å²) in [5.41, 5.74) is 0. The Bertz CT molecular complexity index is 86.1. The minimum atomic E-state index is -0.523. The number of amides is 1. The Morgan fingerprint density at radius 3 is 2.50 bits per heavy atom. The van der Waals surface area contributed by atoms with Gasteiger partial charge in [0.15, 0.2) is 0 Å². The van der Waals surface area contributed by atoms with Crippen molar-refractivity contribution in [3.8, 4) is 0 Å². The van der Waals surface area contributed by atoms with Crippen molar-refractivity contribution in [2.45, 2.75) is 13.8 Å². The van der Waals surface area contributed by atoms with Crippen molar-refractivity contribution in [3.63, 3.8) is 0 Å². The van der Waals surface area contributed by atoms with Crippen LogP contribution in [-0.4, -0.2) is 11.7 Å². The van der Waals surface area contributed by atoms with Crippen LogP contribution in [0.3, 0.4) is 0 Å². The SMILES string of the molecule is CC[SH](S)NC(C)=O. The number of nitrogens with one attached hydrogen (secondary N) is 1. The van der Waals surface area contributed by atoms with Crippen molar-refractivity contribution in [1.82, 2.24) is 4.72 Å². The minimum Gasteiger partial charge on any atom is -0.313 e. The molecule has 0 fully saturated rings. The summed E-state index contributed by atoms with van der Waals surface area (Å²) in [4.78, 5) is 10.3. The van der Waals surface area contributed by atoms with Crippen LogP contribution in [0.5, 0.6) is 0 Å². The second-order valence-corrected chi connectivity index (χ2v) is 4.49. The predicted molar refractivity (Wildman–Crippen MR) is 42.3 cm³/mol. The smallest absolute Gasteiger partial charge is 0.225 e. The third kappa shape index (κ3) is 4.33. The molecule has 0 aromatic carbocycles. The molecule has 0 heterocycles. The molecule has 0 aromatic heterocycles. The van der Waals surface area contributed by atoms with E-state index in [-0.39, 0.29) is 5.91 Å². The van der Waals surface area contributed by atoms with Crippen LogP contribution >= 0.6 is 21.8 Å². The molecular weight excluding hydrogens is 142 g/mol. The molecule has 2 nitrogen and oxygen atoms in total. The molecule has 0 aliphatic rings. The van der Waals surface area contributed by atoms with Gasteiger partial charge in [0.25, 0.3) is 0 Å². The first kappa shape index (κ1) is 8.17. The normalized spacial score (nSPS) is 15.1. The maximum absolute atomic E-state index is 10.3. The average Bonchev–Trinajstić information content (AvgIpc) is 1.65. The second-order valence-electron chi connectivity index (χ2n) is 1.38. The molecule has 50 valence electrons. The van der Waals surface area contributed by atoms with Crippen molar-refractivity contribution >= 4 is 27.7 Å². The van der Waals surface area contributed by atoms with E-state index in [0.29, 0.717) is 0 Å². The van der Waals surface area contributed by atoms with Crippen molar-refractivity contribution in [3.05, 3.63) is 0 Å². The zero-order chi connectivity index (χ0) is 6.57. The van der Waals surface area contributed by atoms with Crippen LogP contribution in [0, 0.1) is 0 Å². The second kappa shape index (κ2) is 4.09. The van der Waals surface area contributed by atoms with E-state index in [1.807, 2.05) is 6.92 Å². The number of rotatable bonds is 2. The van der Waals surface area contributed by atoms with Crippen LogP contribution in [0.15, 0.2) is 0 Å². The van der Waals surface area contributed by atoms with Gasteiger partial charge in [0, 0.05) is 6.92 Å². The Morgan fingerprint density at radius 1 is 1.88 bits per heavy atom. The third-order valence-corrected chi connectivity index (χ3v) is 2.91. The van der Waals surface area contributed by atoms with Gasteiger partial charge in [-0.05, 0) is 5.75 Å². The number of carbonyl (C=O) groups excluding carboxylic acids is 1. The predicted octanol–water partition coefficient (Wildman–Crippen LogP) is 0.903. The van der Waals surface area contributed by atoms with Gasteiger partial charge in [0.1, 0.15) is 0 Å². The zero-order valence-corrected chi connectivity index (χ0v) is 6.80. The van der Waals surface area contributed by atoms with Crippen LogP contribution in [0.1, 0.15) is 13.8 Å². The lowest BCUT2D eigenvalue weighted by Crippen LogP contribution is -2.13. The Morgan fingerprint density at radius 2 is 2.38 bits per heavy atom. The highest BCUT2D eigenvalue weighted by Gasteiger charge is 1.92. The van der Waals surface area contributed by atoms with Crippen molar-refractivity contribution < 1.29 is 4.79 Å².